The number of ether oxygens (including phenoxy) is 2. The molecule has 0 spiro atoms. The van der Waals surface area contributed by atoms with Crippen LogP contribution in [0.5, 0.6) is 23.0 Å². The van der Waals surface area contributed by atoms with Gasteiger partial charge in [-0.25, -0.2) is 0 Å². The highest BCUT2D eigenvalue weighted by Crippen LogP contribution is 2.51. The second kappa shape index (κ2) is 5.58. The van der Waals surface area contributed by atoms with E-state index in [4.69, 9.17) is 9.47 Å². The van der Waals surface area contributed by atoms with Gasteiger partial charge in [0.05, 0.1) is 25.4 Å². The number of hydrogen-bond acceptors (Lipinski definition) is 6. The Morgan fingerprint density at radius 1 is 0.625 bits per heavy atom. The summed E-state index contributed by atoms with van der Waals surface area (Å²) in [6, 6.07) is 9.41. The average molecular weight is 330 g/mol. The Morgan fingerprint density at radius 2 is 1.04 bits per heavy atom. The van der Waals surface area contributed by atoms with Crippen LogP contribution in [0.25, 0.3) is 0 Å². The van der Waals surface area contributed by atoms with Gasteiger partial charge in [0.25, 0.3) is 0 Å². The number of benzene rings is 2. The first-order valence-electron chi connectivity index (χ1n) is 7.81. The molecule has 126 valence electrons. The molecule has 0 aliphatic carbocycles. The van der Waals surface area contributed by atoms with Crippen molar-refractivity contribution in [2.45, 2.75) is 12.2 Å². The van der Waals surface area contributed by atoms with Gasteiger partial charge >= 0.3 is 0 Å². The molecule has 2 saturated heterocycles. The Labute approximate surface area is 138 Å². The highest BCUT2D eigenvalue weighted by Gasteiger charge is 2.48. The minimum atomic E-state index is -0.211. The lowest BCUT2D eigenvalue weighted by Gasteiger charge is -2.17. The predicted octanol–water partition coefficient (Wildman–Crippen LogP) is 2.58. The number of phenols is 4. The Balaban J connectivity index is 1.59. The molecule has 4 N–H and O–H groups in total. The fourth-order valence-corrected chi connectivity index (χ4v) is 3.67. The van der Waals surface area contributed by atoms with Crippen molar-refractivity contribution >= 4 is 0 Å². The zero-order chi connectivity index (χ0) is 16.8. The summed E-state index contributed by atoms with van der Waals surface area (Å²) >= 11 is 0. The molecule has 0 aromatic heterocycles. The third-order valence-corrected chi connectivity index (χ3v) is 4.92. The molecule has 2 aromatic carbocycles. The molecule has 24 heavy (non-hydrogen) atoms. The standard InChI is InChI=1S/C18H18O6/c19-13-3-1-9(5-15(13)21)17-11-7-24-18(12(11)8-23-17)10-2-4-14(20)16(22)6-10/h1-6,11-12,17-22H,7-8H2/t11?,12?,17-,18+. The van der Waals surface area contributed by atoms with Gasteiger partial charge in [0, 0.05) is 11.8 Å². The second-order valence-electron chi connectivity index (χ2n) is 6.33. The zero-order valence-electron chi connectivity index (χ0n) is 12.8. The molecule has 4 rings (SSSR count). The zero-order valence-corrected chi connectivity index (χ0v) is 12.8. The van der Waals surface area contributed by atoms with E-state index in [1.807, 2.05) is 0 Å². The highest BCUT2D eigenvalue weighted by molar-refractivity contribution is 5.43. The van der Waals surface area contributed by atoms with Crippen molar-refractivity contribution in [3.8, 4) is 23.0 Å². The molecule has 2 aromatic rings. The molecule has 0 bridgehead atoms. The van der Waals surface area contributed by atoms with E-state index in [2.05, 4.69) is 0 Å². The lowest BCUT2D eigenvalue weighted by Crippen LogP contribution is -2.14. The quantitative estimate of drug-likeness (QED) is 0.632. The van der Waals surface area contributed by atoms with Gasteiger partial charge in [0.15, 0.2) is 23.0 Å². The van der Waals surface area contributed by atoms with Gasteiger partial charge in [0.2, 0.25) is 0 Å². The molecule has 0 saturated carbocycles. The summed E-state index contributed by atoms with van der Waals surface area (Å²) < 4.78 is 11.8. The van der Waals surface area contributed by atoms with E-state index in [0.717, 1.165) is 11.1 Å². The Kier molecular flexibility index (Phi) is 3.51. The summed E-state index contributed by atoms with van der Waals surface area (Å²) in [5, 5.41) is 38.3. The van der Waals surface area contributed by atoms with Crippen LogP contribution in [0.1, 0.15) is 23.3 Å². The molecule has 6 heteroatoms. The lowest BCUT2D eigenvalue weighted by atomic mass is 9.85. The largest absolute Gasteiger partial charge is 0.504 e. The van der Waals surface area contributed by atoms with Crippen molar-refractivity contribution in [3.05, 3.63) is 47.5 Å². The minimum Gasteiger partial charge on any atom is -0.504 e. The maximum atomic E-state index is 9.70. The Bertz CT molecular complexity index is 709. The molecule has 6 nitrogen and oxygen atoms in total. The van der Waals surface area contributed by atoms with E-state index in [-0.39, 0.29) is 47.0 Å². The molecule has 2 heterocycles. The van der Waals surface area contributed by atoms with Crippen molar-refractivity contribution in [2.75, 3.05) is 13.2 Å². The predicted molar refractivity (Wildman–Crippen MR) is 83.9 cm³/mol. The van der Waals surface area contributed by atoms with Crippen molar-refractivity contribution < 1.29 is 29.9 Å². The van der Waals surface area contributed by atoms with Crippen molar-refractivity contribution in [3.63, 3.8) is 0 Å². The fraction of sp³-hybridized carbons (Fsp3) is 0.333. The second-order valence-corrected chi connectivity index (χ2v) is 6.33. The monoisotopic (exact) mass is 330 g/mol. The van der Waals surface area contributed by atoms with Crippen LogP contribution in [0, 0.1) is 11.8 Å². The van der Waals surface area contributed by atoms with Crippen molar-refractivity contribution in [2.24, 2.45) is 11.8 Å². The van der Waals surface area contributed by atoms with E-state index in [0.29, 0.717) is 13.2 Å². The van der Waals surface area contributed by atoms with Gasteiger partial charge in [-0.05, 0) is 35.4 Å². The first kappa shape index (κ1) is 15.1. The third kappa shape index (κ3) is 2.35. The highest BCUT2D eigenvalue weighted by atomic mass is 16.5. The summed E-state index contributed by atoms with van der Waals surface area (Å²) in [6.45, 7) is 1.01. The average Bonchev–Trinajstić information content (AvgIpc) is 3.15. The van der Waals surface area contributed by atoms with E-state index >= 15 is 0 Å². The number of hydrogen-bond donors (Lipinski definition) is 4. The Morgan fingerprint density at radius 3 is 1.42 bits per heavy atom. The summed E-state index contributed by atoms with van der Waals surface area (Å²) in [5.41, 5.74) is 1.60. The van der Waals surface area contributed by atoms with Crippen LogP contribution in [0.4, 0.5) is 0 Å². The SMILES string of the molecule is Oc1ccc([C@H]2OCC3C2CO[C@H]3c2ccc(O)c(O)c2)cc1O. The molecule has 2 fully saturated rings. The number of fused-ring (bicyclic) bond motifs is 1. The summed E-state index contributed by atoms with van der Waals surface area (Å²) in [4.78, 5) is 0. The molecule has 0 amide bonds. The molecule has 2 aliphatic rings. The number of phenolic OH excluding ortho intramolecular Hbond substituents is 4. The lowest BCUT2D eigenvalue weighted by molar-refractivity contribution is 0.0191. The summed E-state index contributed by atoms with van der Waals surface area (Å²) in [6.07, 6.45) is -0.422. The van der Waals surface area contributed by atoms with Crippen LogP contribution in [0.2, 0.25) is 0 Å². The molecule has 4 atom stereocenters. The maximum absolute atomic E-state index is 9.70. The van der Waals surface area contributed by atoms with Crippen molar-refractivity contribution in [1.82, 2.24) is 0 Å². The van der Waals surface area contributed by atoms with Crippen LogP contribution >= 0.6 is 0 Å². The van der Waals surface area contributed by atoms with E-state index in [1.165, 1.54) is 24.3 Å². The van der Waals surface area contributed by atoms with Crippen LogP contribution in [-0.4, -0.2) is 33.6 Å². The topological polar surface area (TPSA) is 99.4 Å². The van der Waals surface area contributed by atoms with Gasteiger partial charge in [-0.2, -0.15) is 0 Å². The van der Waals surface area contributed by atoms with E-state index in [1.54, 1.807) is 12.1 Å². The van der Waals surface area contributed by atoms with Gasteiger partial charge in [0.1, 0.15) is 0 Å². The maximum Gasteiger partial charge on any atom is 0.157 e. The summed E-state index contributed by atoms with van der Waals surface area (Å²) in [7, 11) is 0. The van der Waals surface area contributed by atoms with Crippen LogP contribution < -0.4 is 0 Å². The van der Waals surface area contributed by atoms with Crippen LogP contribution in [-0.2, 0) is 9.47 Å². The van der Waals surface area contributed by atoms with Gasteiger partial charge in [-0.1, -0.05) is 12.1 Å². The van der Waals surface area contributed by atoms with E-state index in [9.17, 15) is 20.4 Å². The molecule has 2 aliphatic heterocycles. The first-order chi connectivity index (χ1) is 11.5. The van der Waals surface area contributed by atoms with Crippen LogP contribution in [0.15, 0.2) is 36.4 Å². The van der Waals surface area contributed by atoms with E-state index < -0.39 is 0 Å². The third-order valence-electron chi connectivity index (χ3n) is 4.92. The first-order valence-corrected chi connectivity index (χ1v) is 7.81. The number of aromatic hydroxyl groups is 4. The molecule has 0 radical (unpaired) electrons. The molecular formula is C18H18O6. The Hall–Kier alpha value is -2.44. The molecule has 2 unspecified atom stereocenters. The van der Waals surface area contributed by atoms with Gasteiger partial charge < -0.3 is 29.9 Å². The fourth-order valence-electron chi connectivity index (χ4n) is 3.67. The smallest absolute Gasteiger partial charge is 0.157 e. The van der Waals surface area contributed by atoms with Gasteiger partial charge in [-0.15, -0.1) is 0 Å². The van der Waals surface area contributed by atoms with Gasteiger partial charge in [-0.3, -0.25) is 0 Å². The minimum absolute atomic E-state index is 0.120. The van der Waals surface area contributed by atoms with Crippen molar-refractivity contribution in [1.29, 1.82) is 0 Å². The number of rotatable bonds is 2. The summed E-state index contributed by atoms with van der Waals surface area (Å²) in [5.74, 6) is -0.413. The molecular weight excluding hydrogens is 312 g/mol. The van der Waals surface area contributed by atoms with Crippen LogP contribution in [0.3, 0.4) is 0 Å². The normalized spacial score (nSPS) is 28.8.